The van der Waals surface area contributed by atoms with Crippen LogP contribution in [0.25, 0.3) is 0 Å². The molecule has 0 saturated carbocycles. The lowest BCUT2D eigenvalue weighted by atomic mass is 10.1. The highest BCUT2D eigenvalue weighted by Crippen LogP contribution is 2.21. The summed E-state index contributed by atoms with van der Waals surface area (Å²) >= 11 is 5.95. The molecule has 0 heterocycles. The Labute approximate surface area is 149 Å². The molecule has 0 spiro atoms. The van der Waals surface area contributed by atoms with Gasteiger partial charge in [-0.1, -0.05) is 23.7 Å². The lowest BCUT2D eigenvalue weighted by Gasteiger charge is -2.10. The van der Waals surface area contributed by atoms with Crippen molar-refractivity contribution >= 4 is 40.4 Å². The van der Waals surface area contributed by atoms with Crippen molar-refractivity contribution in [2.75, 3.05) is 10.7 Å². The van der Waals surface area contributed by atoms with Crippen LogP contribution >= 0.6 is 11.6 Å². The molecule has 2 rings (SSSR count). The third kappa shape index (κ3) is 4.80. The van der Waals surface area contributed by atoms with Crippen LogP contribution in [0.1, 0.15) is 15.9 Å². The molecule has 1 amide bonds. The number of anilines is 2. The number of hydrazone groups is 1. The average Bonchev–Trinajstić information content (AvgIpc) is 2.58. The number of rotatable bonds is 5. The number of halogens is 1. The van der Waals surface area contributed by atoms with Crippen molar-refractivity contribution in [3.63, 3.8) is 0 Å². The van der Waals surface area contributed by atoms with Crippen molar-refractivity contribution in [2.24, 2.45) is 10.8 Å². The van der Waals surface area contributed by atoms with Crippen molar-refractivity contribution < 1.29 is 4.79 Å². The minimum Gasteiger partial charge on any atom is -0.382 e. The van der Waals surface area contributed by atoms with E-state index in [1.54, 1.807) is 42.5 Å². The number of nitriles is 1. The summed E-state index contributed by atoms with van der Waals surface area (Å²) in [5.41, 5.74) is 9.95. The topological polar surface area (TPSA) is 127 Å². The quantitative estimate of drug-likeness (QED) is 0.373. The summed E-state index contributed by atoms with van der Waals surface area (Å²) in [4.78, 5) is 12.4. The molecule has 0 aliphatic carbocycles. The van der Waals surface area contributed by atoms with E-state index in [1.807, 2.05) is 13.0 Å². The predicted molar refractivity (Wildman–Crippen MR) is 99.2 cm³/mol. The monoisotopic (exact) mass is 354 g/mol. The molecule has 0 atom stereocenters. The summed E-state index contributed by atoms with van der Waals surface area (Å²) in [6.45, 7) is 1.86. The molecular weight excluding hydrogens is 340 g/mol. The van der Waals surface area contributed by atoms with Gasteiger partial charge in [0.1, 0.15) is 6.07 Å². The molecule has 0 unspecified atom stereocenters. The van der Waals surface area contributed by atoms with E-state index in [-0.39, 0.29) is 11.6 Å². The predicted octanol–water partition coefficient (Wildman–Crippen LogP) is 3.13. The molecule has 8 heteroatoms. The van der Waals surface area contributed by atoms with E-state index in [4.69, 9.17) is 28.0 Å². The van der Waals surface area contributed by atoms with Crippen molar-refractivity contribution in [2.45, 2.75) is 6.92 Å². The van der Waals surface area contributed by atoms with E-state index in [9.17, 15) is 4.79 Å². The normalized spacial score (nSPS) is 10.7. The fraction of sp³-hybridized carbons (Fsp3) is 0.0588. The average molecular weight is 355 g/mol. The Morgan fingerprint density at radius 1 is 1.32 bits per heavy atom. The van der Waals surface area contributed by atoms with E-state index in [1.165, 1.54) is 0 Å². The Morgan fingerprint density at radius 2 is 2.08 bits per heavy atom. The molecule has 0 saturated heterocycles. The molecule has 25 heavy (non-hydrogen) atoms. The molecule has 126 valence electrons. The third-order valence-electron chi connectivity index (χ3n) is 3.23. The highest BCUT2D eigenvalue weighted by molar-refractivity contribution is 6.45. The number of benzene rings is 2. The second kappa shape index (κ2) is 7.95. The van der Waals surface area contributed by atoms with Crippen molar-refractivity contribution in [1.29, 1.82) is 10.7 Å². The van der Waals surface area contributed by atoms with Crippen LogP contribution < -0.4 is 16.5 Å². The summed E-state index contributed by atoms with van der Waals surface area (Å²) in [5, 5.41) is 23.1. The standard InChI is InChI=1S/C17H15ClN6O/c1-10-5-6-12(18)8-14(10)22-17(25)11-3-2-4-13(7-11)23-24-15(9-19)16(20)21/h2-8,23H,1H3,(H3,20,21)(H,22,25)/b24-15+. The van der Waals surface area contributed by atoms with Gasteiger partial charge in [-0.15, -0.1) is 0 Å². The molecule has 5 N–H and O–H groups in total. The summed E-state index contributed by atoms with van der Waals surface area (Å²) in [6.07, 6.45) is 0. The maximum Gasteiger partial charge on any atom is 0.255 e. The van der Waals surface area contributed by atoms with Crippen LogP contribution in [0, 0.1) is 23.7 Å². The van der Waals surface area contributed by atoms with Gasteiger partial charge in [0.05, 0.1) is 5.69 Å². The second-order valence-electron chi connectivity index (χ2n) is 5.09. The first-order chi connectivity index (χ1) is 11.9. The van der Waals surface area contributed by atoms with Crippen molar-refractivity contribution in [1.82, 2.24) is 0 Å². The second-order valence-corrected chi connectivity index (χ2v) is 5.53. The zero-order chi connectivity index (χ0) is 18.4. The van der Waals surface area contributed by atoms with Gasteiger partial charge in [-0.3, -0.25) is 15.6 Å². The summed E-state index contributed by atoms with van der Waals surface area (Å²) < 4.78 is 0. The van der Waals surface area contributed by atoms with Gasteiger partial charge in [-0.05, 0) is 42.8 Å². The first kappa shape index (κ1) is 18.0. The number of hydrogen-bond donors (Lipinski definition) is 4. The molecule has 0 aromatic heterocycles. The Morgan fingerprint density at radius 3 is 2.76 bits per heavy atom. The molecular formula is C17H15ClN6O. The zero-order valence-electron chi connectivity index (χ0n) is 13.3. The van der Waals surface area contributed by atoms with Crippen LogP contribution in [0.4, 0.5) is 11.4 Å². The Hall–Kier alpha value is -3.37. The fourth-order valence-electron chi connectivity index (χ4n) is 1.92. The smallest absolute Gasteiger partial charge is 0.255 e. The number of carbonyl (C=O) groups is 1. The fourth-order valence-corrected chi connectivity index (χ4v) is 2.09. The van der Waals surface area contributed by atoms with Crippen LogP contribution in [-0.2, 0) is 0 Å². The van der Waals surface area contributed by atoms with E-state index < -0.39 is 5.84 Å². The van der Waals surface area contributed by atoms with Gasteiger partial charge < -0.3 is 11.1 Å². The number of hydrogen-bond acceptors (Lipinski definition) is 5. The van der Waals surface area contributed by atoms with E-state index in [2.05, 4.69) is 15.8 Å². The van der Waals surface area contributed by atoms with Gasteiger partial charge in [0.25, 0.3) is 5.91 Å². The lowest BCUT2D eigenvalue weighted by Crippen LogP contribution is -2.21. The van der Waals surface area contributed by atoms with Crippen LogP contribution in [0.3, 0.4) is 0 Å². The van der Waals surface area contributed by atoms with Gasteiger partial charge in [0, 0.05) is 16.3 Å². The molecule has 7 nitrogen and oxygen atoms in total. The van der Waals surface area contributed by atoms with Crippen molar-refractivity contribution in [3.05, 3.63) is 58.6 Å². The lowest BCUT2D eigenvalue weighted by molar-refractivity contribution is 0.102. The summed E-state index contributed by atoms with van der Waals surface area (Å²) in [6, 6.07) is 13.5. The van der Waals surface area contributed by atoms with Gasteiger partial charge >= 0.3 is 0 Å². The third-order valence-corrected chi connectivity index (χ3v) is 3.47. The van der Waals surface area contributed by atoms with Gasteiger partial charge in [0.15, 0.2) is 5.84 Å². The van der Waals surface area contributed by atoms with Gasteiger partial charge in [0.2, 0.25) is 5.71 Å². The van der Waals surface area contributed by atoms with Crippen LogP contribution in [0.2, 0.25) is 5.02 Å². The Balaban J connectivity index is 2.18. The maximum absolute atomic E-state index is 12.4. The SMILES string of the molecule is Cc1ccc(Cl)cc1NC(=O)c1cccc(N/N=C(\C#N)C(=N)N)c1. The molecule has 0 bridgehead atoms. The molecule has 2 aromatic carbocycles. The first-order valence-electron chi connectivity index (χ1n) is 7.16. The largest absolute Gasteiger partial charge is 0.382 e. The highest BCUT2D eigenvalue weighted by Gasteiger charge is 2.09. The first-order valence-corrected chi connectivity index (χ1v) is 7.54. The molecule has 0 aliphatic heterocycles. The molecule has 2 aromatic rings. The minimum absolute atomic E-state index is 0.246. The number of aryl methyl sites for hydroxylation is 1. The number of nitrogens with zero attached hydrogens (tertiary/aromatic N) is 2. The van der Waals surface area contributed by atoms with E-state index in [0.29, 0.717) is 22.0 Å². The van der Waals surface area contributed by atoms with Gasteiger partial charge in [-0.2, -0.15) is 10.4 Å². The number of carbonyl (C=O) groups excluding carboxylic acids is 1. The number of nitrogens with one attached hydrogen (secondary N) is 3. The number of nitrogens with two attached hydrogens (primary N) is 1. The molecule has 0 aliphatic rings. The summed E-state index contributed by atoms with van der Waals surface area (Å²) in [7, 11) is 0. The molecule has 0 radical (unpaired) electrons. The maximum atomic E-state index is 12.4. The Bertz CT molecular complexity index is 900. The van der Waals surface area contributed by atoms with Crippen LogP contribution in [0.15, 0.2) is 47.6 Å². The van der Waals surface area contributed by atoms with Crippen LogP contribution in [-0.4, -0.2) is 17.5 Å². The Kier molecular flexibility index (Phi) is 5.71. The number of amidine groups is 1. The van der Waals surface area contributed by atoms with E-state index in [0.717, 1.165) is 5.56 Å². The summed E-state index contributed by atoms with van der Waals surface area (Å²) in [5.74, 6) is -0.759. The molecule has 0 fully saturated rings. The van der Waals surface area contributed by atoms with Crippen molar-refractivity contribution in [3.8, 4) is 6.07 Å². The van der Waals surface area contributed by atoms with Crippen LogP contribution in [0.5, 0.6) is 0 Å². The zero-order valence-corrected chi connectivity index (χ0v) is 14.1. The minimum atomic E-state index is -0.444. The van der Waals surface area contributed by atoms with E-state index >= 15 is 0 Å². The van der Waals surface area contributed by atoms with Gasteiger partial charge in [-0.25, -0.2) is 0 Å². The highest BCUT2D eigenvalue weighted by atomic mass is 35.5. The number of amides is 1.